The first-order chi connectivity index (χ1) is 8.12. The second-order valence-electron chi connectivity index (χ2n) is 3.93. The fraction of sp³-hybridized carbons (Fsp3) is 0.583. The molecule has 1 aromatic heterocycles. The van der Waals surface area contributed by atoms with Crippen LogP contribution in [0, 0.1) is 18.3 Å². The number of aromatic nitrogens is 2. The molecule has 1 N–H and O–H groups in total. The number of carbonyl (C=O) groups is 1. The molecule has 92 valence electrons. The Morgan fingerprint density at radius 2 is 2.35 bits per heavy atom. The molecule has 17 heavy (non-hydrogen) atoms. The number of nitrogens with one attached hydrogen (secondary N) is 1. The number of hydrogen-bond acceptors (Lipinski definition) is 3. The molecular formula is C12H18N4O. The fourth-order valence-electron chi connectivity index (χ4n) is 1.66. The van der Waals surface area contributed by atoms with Crippen molar-refractivity contribution in [3.05, 3.63) is 17.5 Å². The summed E-state index contributed by atoms with van der Waals surface area (Å²) >= 11 is 0. The van der Waals surface area contributed by atoms with Gasteiger partial charge in [0.05, 0.1) is 11.8 Å². The molecule has 0 radical (unpaired) electrons. The molecule has 1 heterocycles. The molecule has 1 unspecified atom stereocenters. The Morgan fingerprint density at radius 3 is 2.88 bits per heavy atom. The minimum absolute atomic E-state index is 0.229. The van der Waals surface area contributed by atoms with Crippen LogP contribution in [0.2, 0.25) is 0 Å². The molecule has 0 aliphatic heterocycles. The molecule has 5 heteroatoms. The van der Waals surface area contributed by atoms with Crippen LogP contribution < -0.4 is 5.32 Å². The van der Waals surface area contributed by atoms with Crippen LogP contribution in [0.3, 0.4) is 0 Å². The van der Waals surface area contributed by atoms with Crippen molar-refractivity contribution in [1.82, 2.24) is 15.1 Å². The number of aryl methyl sites for hydroxylation is 2. The van der Waals surface area contributed by atoms with Crippen LogP contribution in [0.25, 0.3) is 0 Å². The van der Waals surface area contributed by atoms with Crippen LogP contribution in [0.5, 0.6) is 0 Å². The van der Waals surface area contributed by atoms with E-state index in [1.807, 2.05) is 20.8 Å². The summed E-state index contributed by atoms with van der Waals surface area (Å²) in [6.45, 7) is 6.40. The van der Waals surface area contributed by atoms with E-state index in [1.165, 1.54) is 0 Å². The van der Waals surface area contributed by atoms with Gasteiger partial charge >= 0.3 is 0 Å². The first-order valence-electron chi connectivity index (χ1n) is 5.87. The molecule has 0 bridgehead atoms. The first kappa shape index (κ1) is 13.2. The third-order valence-corrected chi connectivity index (χ3v) is 2.47. The molecule has 1 amide bonds. The minimum Gasteiger partial charge on any atom is -0.335 e. The fourth-order valence-corrected chi connectivity index (χ4v) is 1.66. The monoisotopic (exact) mass is 234 g/mol. The lowest BCUT2D eigenvalue weighted by atomic mass is 10.2. The SMILES string of the molecule is CCCC(C#N)NC(=O)c1cc(C)nn1CC. The highest BCUT2D eigenvalue weighted by atomic mass is 16.2. The average Bonchev–Trinajstić information content (AvgIpc) is 2.69. The lowest BCUT2D eigenvalue weighted by Crippen LogP contribution is -2.34. The quantitative estimate of drug-likeness (QED) is 0.841. The lowest BCUT2D eigenvalue weighted by molar-refractivity contribution is 0.0933. The van der Waals surface area contributed by atoms with E-state index in [9.17, 15) is 4.79 Å². The van der Waals surface area contributed by atoms with Crippen LogP contribution in [0.1, 0.15) is 42.9 Å². The third-order valence-electron chi connectivity index (χ3n) is 2.47. The second kappa shape index (κ2) is 6.04. The molecule has 1 rings (SSSR count). The van der Waals surface area contributed by atoms with Crippen molar-refractivity contribution in [1.29, 1.82) is 5.26 Å². The van der Waals surface area contributed by atoms with Gasteiger partial charge in [0, 0.05) is 6.54 Å². The number of nitriles is 1. The van der Waals surface area contributed by atoms with Crippen molar-refractivity contribution in [3.63, 3.8) is 0 Å². The molecule has 1 aromatic rings. The summed E-state index contributed by atoms with van der Waals surface area (Å²) in [6.07, 6.45) is 1.53. The largest absolute Gasteiger partial charge is 0.335 e. The minimum atomic E-state index is -0.423. The zero-order valence-electron chi connectivity index (χ0n) is 10.5. The highest BCUT2D eigenvalue weighted by molar-refractivity contribution is 5.93. The number of nitrogens with zero attached hydrogens (tertiary/aromatic N) is 3. The van der Waals surface area contributed by atoms with Gasteiger partial charge in [-0.15, -0.1) is 0 Å². The summed E-state index contributed by atoms with van der Waals surface area (Å²) in [4.78, 5) is 12.0. The first-order valence-corrected chi connectivity index (χ1v) is 5.87. The van der Waals surface area contributed by atoms with Crippen LogP contribution in [0.4, 0.5) is 0 Å². The zero-order chi connectivity index (χ0) is 12.8. The Morgan fingerprint density at radius 1 is 1.65 bits per heavy atom. The zero-order valence-corrected chi connectivity index (χ0v) is 10.5. The summed E-state index contributed by atoms with van der Waals surface area (Å²) < 4.78 is 1.64. The lowest BCUT2D eigenvalue weighted by Gasteiger charge is -2.10. The van der Waals surface area contributed by atoms with Crippen LogP contribution >= 0.6 is 0 Å². The van der Waals surface area contributed by atoms with Gasteiger partial charge in [-0.05, 0) is 26.3 Å². The normalized spacial score (nSPS) is 11.9. The van der Waals surface area contributed by atoms with Crippen LogP contribution in [-0.4, -0.2) is 21.7 Å². The Hall–Kier alpha value is -1.83. The topological polar surface area (TPSA) is 70.7 Å². The maximum absolute atomic E-state index is 12.0. The summed E-state index contributed by atoms with van der Waals surface area (Å²) in [5.74, 6) is -0.229. The van der Waals surface area contributed by atoms with Crippen molar-refractivity contribution >= 4 is 5.91 Å². The molecule has 0 spiro atoms. The van der Waals surface area contributed by atoms with Gasteiger partial charge in [-0.3, -0.25) is 9.48 Å². The molecule has 0 aliphatic rings. The van der Waals surface area contributed by atoms with Gasteiger partial charge in [-0.2, -0.15) is 10.4 Å². The van der Waals surface area contributed by atoms with Crippen molar-refractivity contribution in [2.24, 2.45) is 0 Å². The average molecular weight is 234 g/mol. The number of hydrogen-bond donors (Lipinski definition) is 1. The van der Waals surface area contributed by atoms with E-state index in [0.717, 1.165) is 12.1 Å². The van der Waals surface area contributed by atoms with Gasteiger partial charge in [0.25, 0.3) is 5.91 Å². The molecule has 0 saturated carbocycles. The smallest absolute Gasteiger partial charge is 0.270 e. The molecular weight excluding hydrogens is 216 g/mol. The van der Waals surface area contributed by atoms with E-state index in [1.54, 1.807) is 10.7 Å². The van der Waals surface area contributed by atoms with E-state index in [-0.39, 0.29) is 5.91 Å². The second-order valence-corrected chi connectivity index (χ2v) is 3.93. The summed E-state index contributed by atoms with van der Waals surface area (Å²) in [5, 5.41) is 15.8. The van der Waals surface area contributed by atoms with E-state index in [0.29, 0.717) is 18.7 Å². The number of rotatable bonds is 5. The number of carbonyl (C=O) groups excluding carboxylic acids is 1. The molecule has 1 atom stereocenters. The Kier molecular flexibility index (Phi) is 4.70. The summed E-state index contributed by atoms with van der Waals surface area (Å²) in [6, 6.07) is 3.40. The summed E-state index contributed by atoms with van der Waals surface area (Å²) in [7, 11) is 0. The van der Waals surface area contributed by atoms with Gasteiger partial charge in [-0.25, -0.2) is 0 Å². The Labute approximate surface area is 101 Å². The maximum atomic E-state index is 12.0. The summed E-state index contributed by atoms with van der Waals surface area (Å²) in [5.41, 5.74) is 1.32. The molecule has 0 aromatic carbocycles. The van der Waals surface area contributed by atoms with Crippen molar-refractivity contribution in [2.45, 2.75) is 46.2 Å². The van der Waals surface area contributed by atoms with E-state index in [4.69, 9.17) is 5.26 Å². The highest BCUT2D eigenvalue weighted by Gasteiger charge is 2.16. The molecule has 0 fully saturated rings. The molecule has 0 aliphatic carbocycles. The molecule has 0 saturated heterocycles. The Bertz CT molecular complexity index is 430. The predicted molar refractivity (Wildman–Crippen MR) is 64.4 cm³/mol. The van der Waals surface area contributed by atoms with Crippen molar-refractivity contribution in [3.8, 4) is 6.07 Å². The van der Waals surface area contributed by atoms with E-state index >= 15 is 0 Å². The van der Waals surface area contributed by atoms with Gasteiger partial charge in [0.1, 0.15) is 11.7 Å². The van der Waals surface area contributed by atoms with Gasteiger partial charge in [0.15, 0.2) is 0 Å². The van der Waals surface area contributed by atoms with Gasteiger partial charge in [0.2, 0.25) is 0 Å². The van der Waals surface area contributed by atoms with Gasteiger partial charge in [-0.1, -0.05) is 13.3 Å². The predicted octanol–water partition coefficient (Wildman–Crippen LogP) is 1.63. The van der Waals surface area contributed by atoms with Crippen molar-refractivity contribution in [2.75, 3.05) is 0 Å². The Balaban J connectivity index is 2.79. The number of amides is 1. The van der Waals surface area contributed by atoms with Gasteiger partial charge < -0.3 is 5.32 Å². The maximum Gasteiger partial charge on any atom is 0.270 e. The van der Waals surface area contributed by atoms with Crippen molar-refractivity contribution < 1.29 is 4.79 Å². The van der Waals surface area contributed by atoms with Crippen LogP contribution in [-0.2, 0) is 6.54 Å². The third kappa shape index (κ3) is 3.31. The highest BCUT2D eigenvalue weighted by Crippen LogP contribution is 2.05. The standard InChI is InChI=1S/C12H18N4O/c1-4-6-10(8-13)14-12(17)11-7-9(3)15-16(11)5-2/h7,10H,4-6H2,1-3H3,(H,14,17). The molecule has 5 nitrogen and oxygen atoms in total. The van der Waals surface area contributed by atoms with Crippen LogP contribution in [0.15, 0.2) is 6.07 Å². The van der Waals surface area contributed by atoms with E-state index in [2.05, 4.69) is 16.5 Å². The van der Waals surface area contributed by atoms with E-state index < -0.39 is 6.04 Å².